The highest BCUT2D eigenvalue weighted by molar-refractivity contribution is 5.84. The Labute approximate surface area is 129 Å². The first kappa shape index (κ1) is 19.5. The number of hydrogen-bond donors (Lipinski definition) is 2. The van der Waals surface area contributed by atoms with E-state index in [1.807, 2.05) is 13.8 Å². The van der Waals surface area contributed by atoms with Crippen molar-refractivity contribution in [1.29, 1.82) is 10.5 Å². The Bertz CT molecular complexity index is 474. The predicted molar refractivity (Wildman–Crippen MR) is 75.9 cm³/mol. The van der Waals surface area contributed by atoms with Crippen molar-refractivity contribution in [2.75, 3.05) is 0 Å². The Balaban J connectivity index is 5.68. The van der Waals surface area contributed by atoms with Crippen molar-refractivity contribution in [1.82, 2.24) is 0 Å². The third-order valence-corrected chi connectivity index (χ3v) is 3.25. The van der Waals surface area contributed by atoms with Gasteiger partial charge in [0.15, 0.2) is 0 Å². The molecule has 0 radical (unpaired) electrons. The standard InChI is InChI=1S/C14H20N4O4/c1-3-5-7-13(9-15,11(19)20)17-18-14(10-16,12(21)22)8-6-4-2/h3-8H2,1-2H3,(H,19,20)(H,21,22). The second kappa shape index (κ2) is 8.73. The zero-order valence-electron chi connectivity index (χ0n) is 12.7. The van der Waals surface area contributed by atoms with Crippen molar-refractivity contribution < 1.29 is 19.8 Å². The monoisotopic (exact) mass is 308 g/mol. The fourth-order valence-corrected chi connectivity index (χ4v) is 1.69. The van der Waals surface area contributed by atoms with E-state index in [2.05, 4.69) is 10.2 Å². The minimum Gasteiger partial charge on any atom is -0.479 e. The molecule has 8 nitrogen and oxygen atoms in total. The van der Waals surface area contributed by atoms with Gasteiger partial charge in [-0.25, -0.2) is 9.59 Å². The molecular weight excluding hydrogens is 288 g/mol. The van der Waals surface area contributed by atoms with Crippen molar-refractivity contribution in [2.24, 2.45) is 10.2 Å². The molecule has 2 N–H and O–H groups in total. The van der Waals surface area contributed by atoms with E-state index in [4.69, 9.17) is 10.5 Å². The van der Waals surface area contributed by atoms with Gasteiger partial charge in [-0.3, -0.25) is 0 Å². The van der Waals surface area contributed by atoms with Gasteiger partial charge in [0, 0.05) is 0 Å². The average molecular weight is 308 g/mol. The second-order valence-electron chi connectivity index (χ2n) is 4.96. The van der Waals surface area contributed by atoms with Gasteiger partial charge >= 0.3 is 11.9 Å². The molecule has 0 aliphatic rings. The second-order valence-corrected chi connectivity index (χ2v) is 4.96. The molecule has 0 fully saturated rings. The highest BCUT2D eigenvalue weighted by Gasteiger charge is 2.43. The van der Waals surface area contributed by atoms with Gasteiger partial charge < -0.3 is 10.2 Å². The lowest BCUT2D eigenvalue weighted by atomic mass is 9.94. The predicted octanol–water partition coefficient (Wildman–Crippen LogP) is 2.51. The van der Waals surface area contributed by atoms with Crippen LogP contribution in [-0.4, -0.2) is 33.2 Å². The third kappa shape index (κ3) is 4.52. The number of azo groups is 1. The van der Waals surface area contributed by atoms with Gasteiger partial charge in [0.2, 0.25) is 0 Å². The molecule has 0 aliphatic heterocycles. The molecule has 0 amide bonds. The summed E-state index contributed by atoms with van der Waals surface area (Å²) >= 11 is 0. The van der Waals surface area contributed by atoms with Gasteiger partial charge in [0.1, 0.15) is 12.1 Å². The van der Waals surface area contributed by atoms with E-state index in [0.717, 1.165) is 0 Å². The van der Waals surface area contributed by atoms with Crippen molar-refractivity contribution in [3.05, 3.63) is 0 Å². The van der Waals surface area contributed by atoms with E-state index >= 15 is 0 Å². The fourth-order valence-electron chi connectivity index (χ4n) is 1.69. The molecule has 0 aliphatic carbocycles. The van der Waals surface area contributed by atoms with Gasteiger partial charge in [0.25, 0.3) is 11.1 Å². The maximum Gasteiger partial charge on any atom is 0.348 e. The molecule has 0 spiro atoms. The summed E-state index contributed by atoms with van der Waals surface area (Å²) in [5.41, 5.74) is -4.31. The van der Waals surface area contributed by atoms with Crippen LogP contribution >= 0.6 is 0 Å². The van der Waals surface area contributed by atoms with Gasteiger partial charge in [-0.05, 0) is 25.7 Å². The van der Waals surface area contributed by atoms with Crippen molar-refractivity contribution in [3.63, 3.8) is 0 Å². The number of nitriles is 2. The number of rotatable bonds is 10. The first-order chi connectivity index (χ1) is 10.3. The van der Waals surface area contributed by atoms with Crippen LogP contribution in [0.4, 0.5) is 0 Å². The topological polar surface area (TPSA) is 147 Å². The summed E-state index contributed by atoms with van der Waals surface area (Å²) in [4.78, 5) is 22.7. The molecule has 120 valence electrons. The summed E-state index contributed by atoms with van der Waals surface area (Å²) in [6.45, 7) is 3.64. The zero-order valence-corrected chi connectivity index (χ0v) is 12.7. The molecular formula is C14H20N4O4. The van der Waals surface area contributed by atoms with E-state index < -0.39 is 23.0 Å². The fraction of sp³-hybridized carbons (Fsp3) is 0.714. The molecule has 8 heteroatoms. The molecule has 0 saturated heterocycles. The molecule has 0 heterocycles. The maximum absolute atomic E-state index is 11.3. The number of unbranched alkanes of at least 4 members (excludes halogenated alkanes) is 2. The number of carboxylic acid groups (broad SMARTS) is 2. The lowest BCUT2D eigenvalue weighted by Gasteiger charge is -2.19. The van der Waals surface area contributed by atoms with Crippen LogP contribution in [0.15, 0.2) is 10.2 Å². The van der Waals surface area contributed by atoms with E-state index in [0.29, 0.717) is 25.7 Å². The van der Waals surface area contributed by atoms with E-state index in [9.17, 15) is 19.8 Å². The third-order valence-electron chi connectivity index (χ3n) is 3.25. The lowest BCUT2D eigenvalue weighted by Crippen LogP contribution is -2.38. The first-order valence-electron chi connectivity index (χ1n) is 7.07. The quantitative estimate of drug-likeness (QED) is 0.592. The van der Waals surface area contributed by atoms with Crippen LogP contribution < -0.4 is 0 Å². The summed E-state index contributed by atoms with van der Waals surface area (Å²) in [7, 11) is 0. The maximum atomic E-state index is 11.3. The molecule has 0 aromatic heterocycles. The largest absolute Gasteiger partial charge is 0.479 e. The molecule has 0 bridgehead atoms. The van der Waals surface area contributed by atoms with Gasteiger partial charge in [-0.2, -0.15) is 20.8 Å². The Morgan fingerprint density at radius 2 is 1.23 bits per heavy atom. The SMILES string of the molecule is CCCCC(C#N)(N=NC(C#N)(CCCC)C(=O)O)C(=O)O. The smallest absolute Gasteiger partial charge is 0.348 e. The Morgan fingerprint density at radius 3 is 1.41 bits per heavy atom. The van der Waals surface area contributed by atoms with Crippen LogP contribution in [0.1, 0.15) is 52.4 Å². The number of carboxylic acids is 2. The minimum absolute atomic E-state index is 0.0895. The van der Waals surface area contributed by atoms with Crippen molar-refractivity contribution in [2.45, 2.75) is 63.5 Å². The number of aliphatic carboxylic acids is 2. The Kier molecular flexibility index (Phi) is 7.74. The Morgan fingerprint density at radius 1 is 0.909 bits per heavy atom. The Hall–Kier alpha value is -2.48. The van der Waals surface area contributed by atoms with Crippen molar-refractivity contribution in [3.8, 4) is 12.1 Å². The van der Waals surface area contributed by atoms with E-state index in [1.165, 1.54) is 0 Å². The molecule has 22 heavy (non-hydrogen) atoms. The lowest BCUT2D eigenvalue weighted by molar-refractivity contribution is -0.143. The molecule has 0 aromatic rings. The minimum atomic E-state index is -2.15. The highest BCUT2D eigenvalue weighted by atomic mass is 16.4. The van der Waals surface area contributed by atoms with Crippen LogP contribution in [0.3, 0.4) is 0 Å². The van der Waals surface area contributed by atoms with Gasteiger partial charge in [-0.15, -0.1) is 0 Å². The summed E-state index contributed by atoms with van der Waals surface area (Å²) in [6.07, 6.45) is 1.94. The van der Waals surface area contributed by atoms with Crippen LogP contribution in [0.5, 0.6) is 0 Å². The molecule has 2 unspecified atom stereocenters. The molecule has 0 rings (SSSR count). The molecule has 0 aromatic carbocycles. The number of nitrogens with zero attached hydrogens (tertiary/aromatic N) is 4. The summed E-state index contributed by atoms with van der Waals surface area (Å²) < 4.78 is 0. The van der Waals surface area contributed by atoms with Crippen molar-refractivity contribution >= 4 is 11.9 Å². The van der Waals surface area contributed by atoms with Crippen LogP contribution in [0, 0.1) is 22.7 Å². The first-order valence-corrected chi connectivity index (χ1v) is 7.07. The van der Waals surface area contributed by atoms with Crippen LogP contribution in [0.2, 0.25) is 0 Å². The number of hydrogen-bond acceptors (Lipinski definition) is 6. The zero-order chi connectivity index (χ0) is 17.2. The molecule has 0 saturated carbocycles. The van der Waals surface area contributed by atoms with Crippen LogP contribution in [0.25, 0.3) is 0 Å². The molecule has 2 atom stereocenters. The highest BCUT2D eigenvalue weighted by Crippen LogP contribution is 2.25. The number of carbonyl (C=O) groups is 2. The van der Waals surface area contributed by atoms with Gasteiger partial charge in [-0.1, -0.05) is 26.7 Å². The van der Waals surface area contributed by atoms with Crippen LogP contribution in [-0.2, 0) is 9.59 Å². The normalized spacial score (nSPS) is 16.2. The van der Waals surface area contributed by atoms with E-state index in [-0.39, 0.29) is 12.8 Å². The summed E-state index contributed by atoms with van der Waals surface area (Å²) in [5, 5.41) is 43.7. The summed E-state index contributed by atoms with van der Waals surface area (Å²) in [6, 6.07) is 3.16. The summed E-state index contributed by atoms with van der Waals surface area (Å²) in [5.74, 6) is -3.00. The van der Waals surface area contributed by atoms with E-state index in [1.54, 1.807) is 12.1 Å². The van der Waals surface area contributed by atoms with Gasteiger partial charge in [0.05, 0.1) is 0 Å². The average Bonchev–Trinajstić information content (AvgIpc) is 2.50.